The Kier molecular flexibility index (Phi) is 4.27. The standard InChI is InChI=1S/C17H24N2O2/c1-13(17(20)21)19-9-7-18(8-10-19)12-14-3-2-4-16(11-14)15-5-6-15/h2-4,11,13,15H,5-10,12H2,1H3,(H,20,21). The first kappa shape index (κ1) is 14.5. The van der Waals surface area contributed by atoms with Crippen LogP contribution in [0, 0.1) is 0 Å². The first-order valence-electron chi connectivity index (χ1n) is 7.91. The van der Waals surface area contributed by atoms with Gasteiger partial charge in [-0.05, 0) is 36.8 Å². The Balaban J connectivity index is 1.53. The minimum atomic E-state index is -0.722. The number of hydrogen-bond donors (Lipinski definition) is 1. The van der Waals surface area contributed by atoms with Crippen molar-refractivity contribution < 1.29 is 9.90 Å². The molecule has 0 aromatic heterocycles. The predicted octanol–water partition coefficient (Wildman–Crippen LogP) is 2.15. The molecule has 1 saturated carbocycles. The lowest BCUT2D eigenvalue weighted by atomic mass is 10.1. The lowest BCUT2D eigenvalue weighted by molar-refractivity contribution is -0.143. The van der Waals surface area contributed by atoms with Gasteiger partial charge in [0.05, 0.1) is 0 Å². The van der Waals surface area contributed by atoms with Crippen molar-refractivity contribution in [3.05, 3.63) is 35.4 Å². The van der Waals surface area contributed by atoms with Crippen LogP contribution >= 0.6 is 0 Å². The lowest BCUT2D eigenvalue weighted by Crippen LogP contribution is -2.51. The molecule has 21 heavy (non-hydrogen) atoms. The minimum absolute atomic E-state index is 0.370. The molecule has 1 unspecified atom stereocenters. The molecule has 0 radical (unpaired) electrons. The van der Waals surface area contributed by atoms with Crippen LogP contribution in [0.4, 0.5) is 0 Å². The highest BCUT2D eigenvalue weighted by Crippen LogP contribution is 2.40. The minimum Gasteiger partial charge on any atom is -0.480 e. The van der Waals surface area contributed by atoms with Crippen molar-refractivity contribution in [3.63, 3.8) is 0 Å². The zero-order valence-electron chi connectivity index (χ0n) is 12.7. The number of piperazine rings is 1. The third-order valence-electron chi connectivity index (χ3n) is 4.72. The first-order chi connectivity index (χ1) is 10.1. The van der Waals surface area contributed by atoms with Crippen molar-refractivity contribution in [1.82, 2.24) is 9.80 Å². The molecule has 1 aromatic carbocycles. The Bertz CT molecular complexity index is 505. The summed E-state index contributed by atoms with van der Waals surface area (Å²) in [7, 11) is 0. The van der Waals surface area contributed by atoms with Crippen LogP contribution < -0.4 is 0 Å². The number of rotatable bonds is 5. The van der Waals surface area contributed by atoms with Crippen molar-refractivity contribution >= 4 is 5.97 Å². The highest BCUT2D eigenvalue weighted by atomic mass is 16.4. The van der Waals surface area contributed by atoms with Gasteiger partial charge in [0.2, 0.25) is 0 Å². The molecule has 1 aromatic rings. The van der Waals surface area contributed by atoms with Crippen molar-refractivity contribution in [2.24, 2.45) is 0 Å². The van der Waals surface area contributed by atoms with E-state index in [1.807, 2.05) is 0 Å². The monoisotopic (exact) mass is 288 g/mol. The van der Waals surface area contributed by atoms with E-state index in [0.717, 1.165) is 38.6 Å². The van der Waals surface area contributed by atoms with E-state index < -0.39 is 5.97 Å². The van der Waals surface area contributed by atoms with Gasteiger partial charge in [-0.2, -0.15) is 0 Å². The van der Waals surface area contributed by atoms with Crippen LogP contribution in [-0.2, 0) is 11.3 Å². The van der Waals surface area contributed by atoms with E-state index in [4.69, 9.17) is 5.11 Å². The van der Waals surface area contributed by atoms with Crippen LogP contribution in [0.5, 0.6) is 0 Å². The number of benzene rings is 1. The van der Waals surface area contributed by atoms with E-state index in [1.54, 1.807) is 6.92 Å². The van der Waals surface area contributed by atoms with Crippen molar-refractivity contribution in [2.45, 2.75) is 38.3 Å². The molecule has 0 spiro atoms. The van der Waals surface area contributed by atoms with Crippen molar-refractivity contribution in [2.75, 3.05) is 26.2 Å². The molecule has 2 aliphatic rings. The molecular formula is C17H24N2O2. The van der Waals surface area contributed by atoms with Crippen molar-refractivity contribution in [3.8, 4) is 0 Å². The Morgan fingerprint density at radius 3 is 2.62 bits per heavy atom. The molecule has 1 aliphatic carbocycles. The molecule has 4 heteroatoms. The van der Waals surface area contributed by atoms with Gasteiger partial charge in [0, 0.05) is 32.7 Å². The molecule has 1 heterocycles. The van der Waals surface area contributed by atoms with E-state index >= 15 is 0 Å². The van der Waals surface area contributed by atoms with Crippen molar-refractivity contribution in [1.29, 1.82) is 0 Å². The van der Waals surface area contributed by atoms with Gasteiger partial charge in [-0.15, -0.1) is 0 Å². The highest BCUT2D eigenvalue weighted by Gasteiger charge is 2.26. The zero-order chi connectivity index (χ0) is 14.8. The maximum Gasteiger partial charge on any atom is 0.320 e. The average Bonchev–Trinajstić information content (AvgIpc) is 3.32. The van der Waals surface area contributed by atoms with E-state index in [0.29, 0.717) is 0 Å². The highest BCUT2D eigenvalue weighted by molar-refractivity contribution is 5.72. The lowest BCUT2D eigenvalue weighted by Gasteiger charge is -2.36. The van der Waals surface area contributed by atoms with Crippen LogP contribution in [-0.4, -0.2) is 53.1 Å². The van der Waals surface area contributed by atoms with Crippen LogP contribution in [0.2, 0.25) is 0 Å². The summed E-state index contributed by atoms with van der Waals surface area (Å²) in [6.07, 6.45) is 2.68. The summed E-state index contributed by atoms with van der Waals surface area (Å²) in [6.45, 7) is 6.34. The number of carboxylic acids is 1. The summed E-state index contributed by atoms with van der Waals surface area (Å²) in [6, 6.07) is 8.60. The Morgan fingerprint density at radius 2 is 2.00 bits per heavy atom. The maximum atomic E-state index is 11.0. The number of aliphatic carboxylic acids is 1. The normalized spacial score (nSPS) is 22.1. The average molecular weight is 288 g/mol. The fraction of sp³-hybridized carbons (Fsp3) is 0.588. The Labute approximate surface area is 126 Å². The van der Waals surface area contributed by atoms with Crippen LogP contribution in [0.1, 0.15) is 36.8 Å². The molecule has 4 nitrogen and oxygen atoms in total. The third kappa shape index (κ3) is 3.63. The summed E-state index contributed by atoms with van der Waals surface area (Å²) in [5.41, 5.74) is 2.88. The molecule has 3 rings (SSSR count). The van der Waals surface area contributed by atoms with Gasteiger partial charge < -0.3 is 5.11 Å². The number of carboxylic acid groups (broad SMARTS) is 1. The molecule has 1 saturated heterocycles. The molecular weight excluding hydrogens is 264 g/mol. The molecule has 1 N–H and O–H groups in total. The number of carbonyl (C=O) groups is 1. The summed E-state index contributed by atoms with van der Waals surface area (Å²) in [4.78, 5) is 15.5. The Morgan fingerprint density at radius 1 is 1.29 bits per heavy atom. The molecule has 1 atom stereocenters. The van der Waals surface area contributed by atoms with Gasteiger partial charge in [0.15, 0.2) is 0 Å². The number of hydrogen-bond acceptors (Lipinski definition) is 3. The molecule has 1 aliphatic heterocycles. The van der Waals surface area contributed by atoms with Gasteiger partial charge in [-0.1, -0.05) is 24.3 Å². The summed E-state index contributed by atoms with van der Waals surface area (Å²) in [5, 5.41) is 9.07. The van der Waals surface area contributed by atoms with Gasteiger partial charge in [-0.3, -0.25) is 14.6 Å². The topological polar surface area (TPSA) is 43.8 Å². The zero-order valence-corrected chi connectivity index (χ0v) is 12.7. The van der Waals surface area contributed by atoms with E-state index in [1.165, 1.54) is 24.0 Å². The molecule has 0 bridgehead atoms. The van der Waals surface area contributed by atoms with E-state index in [-0.39, 0.29) is 6.04 Å². The fourth-order valence-corrected chi connectivity index (χ4v) is 3.09. The fourth-order valence-electron chi connectivity index (χ4n) is 3.09. The van der Waals surface area contributed by atoms with Crippen LogP contribution in [0.3, 0.4) is 0 Å². The smallest absolute Gasteiger partial charge is 0.320 e. The predicted molar refractivity (Wildman–Crippen MR) is 82.4 cm³/mol. The summed E-state index contributed by atoms with van der Waals surface area (Å²) >= 11 is 0. The summed E-state index contributed by atoms with van der Waals surface area (Å²) in [5.74, 6) is 0.0822. The van der Waals surface area contributed by atoms with E-state index in [9.17, 15) is 4.79 Å². The van der Waals surface area contributed by atoms with Gasteiger partial charge in [0.25, 0.3) is 0 Å². The number of nitrogens with zero attached hydrogens (tertiary/aromatic N) is 2. The molecule has 0 amide bonds. The molecule has 2 fully saturated rings. The largest absolute Gasteiger partial charge is 0.480 e. The van der Waals surface area contributed by atoms with Crippen LogP contribution in [0.15, 0.2) is 24.3 Å². The van der Waals surface area contributed by atoms with Gasteiger partial charge in [-0.25, -0.2) is 0 Å². The summed E-state index contributed by atoms with van der Waals surface area (Å²) < 4.78 is 0. The quantitative estimate of drug-likeness (QED) is 0.901. The second-order valence-corrected chi connectivity index (χ2v) is 6.35. The third-order valence-corrected chi connectivity index (χ3v) is 4.72. The Hall–Kier alpha value is -1.39. The van der Waals surface area contributed by atoms with E-state index in [2.05, 4.69) is 34.1 Å². The molecule has 114 valence electrons. The van der Waals surface area contributed by atoms with Gasteiger partial charge in [0.1, 0.15) is 6.04 Å². The maximum absolute atomic E-state index is 11.0. The van der Waals surface area contributed by atoms with Crippen LogP contribution in [0.25, 0.3) is 0 Å². The second-order valence-electron chi connectivity index (χ2n) is 6.35. The second kappa shape index (κ2) is 6.16. The first-order valence-corrected chi connectivity index (χ1v) is 7.91. The SMILES string of the molecule is CC(C(=O)O)N1CCN(Cc2cccc(C3CC3)c2)CC1. The van der Waals surface area contributed by atoms with Gasteiger partial charge >= 0.3 is 5.97 Å².